The molecular formula is C13H23N5. The van der Waals surface area contributed by atoms with Gasteiger partial charge in [0.1, 0.15) is 11.6 Å². The third-order valence-electron chi connectivity index (χ3n) is 3.71. The number of nitrogens with zero attached hydrogens (tertiary/aromatic N) is 2. The van der Waals surface area contributed by atoms with Crippen LogP contribution in [0.1, 0.15) is 39.0 Å². The number of hydrogen-bond donors (Lipinski definition) is 3. The summed E-state index contributed by atoms with van der Waals surface area (Å²) in [6.45, 7) is 2.27. The average molecular weight is 249 g/mol. The lowest BCUT2D eigenvalue weighted by Gasteiger charge is -2.29. The van der Waals surface area contributed by atoms with Crippen LogP contribution in [0.5, 0.6) is 0 Å². The highest BCUT2D eigenvalue weighted by molar-refractivity contribution is 5.51. The predicted octanol–water partition coefficient (Wildman–Crippen LogP) is 2.48. The minimum atomic E-state index is 0.312. The molecule has 1 aromatic rings. The maximum Gasteiger partial charge on any atom is 0.223 e. The fourth-order valence-corrected chi connectivity index (χ4v) is 2.67. The zero-order valence-electron chi connectivity index (χ0n) is 11.2. The number of nitrogens with two attached hydrogens (primary N) is 1. The Bertz CT molecular complexity index is 393. The van der Waals surface area contributed by atoms with Crippen molar-refractivity contribution in [2.24, 2.45) is 5.92 Å². The maximum atomic E-state index is 5.69. The first-order chi connectivity index (χ1) is 8.71. The molecular weight excluding hydrogens is 226 g/mol. The van der Waals surface area contributed by atoms with E-state index < -0.39 is 0 Å². The van der Waals surface area contributed by atoms with Crippen molar-refractivity contribution in [3.63, 3.8) is 0 Å². The van der Waals surface area contributed by atoms with Crippen LogP contribution in [0.4, 0.5) is 17.6 Å². The van der Waals surface area contributed by atoms with E-state index in [0.29, 0.717) is 12.0 Å². The van der Waals surface area contributed by atoms with Crippen LogP contribution in [0.15, 0.2) is 6.07 Å². The lowest BCUT2D eigenvalue weighted by atomic mass is 9.84. The van der Waals surface area contributed by atoms with Gasteiger partial charge in [0.2, 0.25) is 5.95 Å². The minimum Gasteiger partial charge on any atom is -0.373 e. The second kappa shape index (κ2) is 5.89. The molecule has 0 aromatic carbocycles. The average Bonchev–Trinajstić information content (AvgIpc) is 2.38. The van der Waals surface area contributed by atoms with Gasteiger partial charge in [0.15, 0.2) is 0 Å². The van der Waals surface area contributed by atoms with E-state index in [1.54, 1.807) is 0 Å². The van der Waals surface area contributed by atoms with E-state index in [1.165, 1.54) is 32.1 Å². The molecule has 1 fully saturated rings. The Morgan fingerprint density at radius 2 is 2.11 bits per heavy atom. The van der Waals surface area contributed by atoms with Gasteiger partial charge in [0.25, 0.3) is 0 Å². The lowest BCUT2D eigenvalue weighted by Crippen LogP contribution is -2.27. The fraction of sp³-hybridized carbons (Fsp3) is 0.692. The van der Waals surface area contributed by atoms with Crippen LogP contribution in [0.3, 0.4) is 0 Å². The van der Waals surface area contributed by atoms with E-state index in [1.807, 2.05) is 13.1 Å². The Morgan fingerprint density at radius 1 is 1.33 bits per heavy atom. The molecule has 0 aliphatic heterocycles. The van der Waals surface area contributed by atoms with Crippen LogP contribution in [-0.2, 0) is 0 Å². The molecule has 2 atom stereocenters. The molecule has 2 rings (SSSR count). The monoisotopic (exact) mass is 249 g/mol. The molecule has 0 radical (unpaired) electrons. The zero-order chi connectivity index (χ0) is 13.0. The summed E-state index contributed by atoms with van der Waals surface area (Å²) in [5, 5.41) is 6.48. The highest BCUT2D eigenvalue weighted by atomic mass is 15.1. The van der Waals surface area contributed by atoms with E-state index in [4.69, 9.17) is 5.73 Å². The second-order valence-corrected chi connectivity index (χ2v) is 5.03. The molecule has 5 heteroatoms. The summed E-state index contributed by atoms with van der Waals surface area (Å²) < 4.78 is 0. The minimum absolute atomic E-state index is 0.312. The Labute approximate surface area is 109 Å². The second-order valence-electron chi connectivity index (χ2n) is 5.03. The molecule has 1 heterocycles. The van der Waals surface area contributed by atoms with Gasteiger partial charge in [-0.25, -0.2) is 0 Å². The zero-order valence-corrected chi connectivity index (χ0v) is 11.2. The van der Waals surface area contributed by atoms with E-state index in [-0.39, 0.29) is 0 Å². The van der Waals surface area contributed by atoms with Gasteiger partial charge in [-0.1, -0.05) is 26.2 Å². The number of hydrogen-bond acceptors (Lipinski definition) is 5. The molecule has 1 aliphatic rings. The molecule has 0 saturated heterocycles. The van der Waals surface area contributed by atoms with Crippen LogP contribution >= 0.6 is 0 Å². The van der Waals surface area contributed by atoms with Crippen LogP contribution in [0.25, 0.3) is 0 Å². The molecule has 5 nitrogen and oxygen atoms in total. The number of nitrogens with one attached hydrogen (secondary N) is 2. The molecule has 1 saturated carbocycles. The summed E-state index contributed by atoms with van der Waals surface area (Å²) in [6.07, 6.45) is 6.38. The molecule has 1 aromatic heterocycles. The van der Waals surface area contributed by atoms with Crippen molar-refractivity contribution in [1.29, 1.82) is 0 Å². The predicted molar refractivity (Wildman–Crippen MR) is 75.7 cm³/mol. The van der Waals surface area contributed by atoms with Crippen LogP contribution in [0.2, 0.25) is 0 Å². The first-order valence-corrected chi connectivity index (χ1v) is 6.80. The van der Waals surface area contributed by atoms with Crippen molar-refractivity contribution in [2.75, 3.05) is 23.4 Å². The maximum absolute atomic E-state index is 5.69. The first-order valence-electron chi connectivity index (χ1n) is 6.80. The quantitative estimate of drug-likeness (QED) is 0.764. The van der Waals surface area contributed by atoms with Gasteiger partial charge in [-0.3, -0.25) is 0 Å². The summed E-state index contributed by atoms with van der Waals surface area (Å²) in [5.74, 6) is 2.74. The van der Waals surface area contributed by atoms with Crippen molar-refractivity contribution >= 4 is 17.6 Å². The number of rotatable bonds is 4. The number of aromatic nitrogens is 2. The summed E-state index contributed by atoms with van der Waals surface area (Å²) in [4.78, 5) is 8.33. The number of anilines is 3. The molecule has 0 bridgehead atoms. The van der Waals surface area contributed by atoms with E-state index >= 15 is 0 Å². The normalized spacial score (nSPS) is 23.7. The van der Waals surface area contributed by atoms with Crippen LogP contribution in [-0.4, -0.2) is 23.1 Å². The molecule has 18 heavy (non-hydrogen) atoms. The van der Waals surface area contributed by atoms with Crippen molar-refractivity contribution in [2.45, 2.75) is 45.1 Å². The Balaban J connectivity index is 2.02. The molecule has 0 spiro atoms. The van der Waals surface area contributed by atoms with Gasteiger partial charge >= 0.3 is 0 Å². The largest absolute Gasteiger partial charge is 0.373 e. The van der Waals surface area contributed by atoms with Gasteiger partial charge < -0.3 is 16.4 Å². The van der Waals surface area contributed by atoms with Gasteiger partial charge in [0, 0.05) is 19.2 Å². The Hall–Kier alpha value is -1.52. The molecule has 0 amide bonds. The third-order valence-corrected chi connectivity index (χ3v) is 3.71. The van der Waals surface area contributed by atoms with Gasteiger partial charge in [-0.05, 0) is 18.8 Å². The third kappa shape index (κ3) is 3.24. The van der Waals surface area contributed by atoms with Gasteiger partial charge in [-0.15, -0.1) is 0 Å². The summed E-state index contributed by atoms with van der Waals surface area (Å²) >= 11 is 0. The highest BCUT2D eigenvalue weighted by Gasteiger charge is 2.21. The van der Waals surface area contributed by atoms with Crippen LogP contribution < -0.4 is 16.4 Å². The molecule has 100 valence electrons. The van der Waals surface area contributed by atoms with Crippen molar-refractivity contribution < 1.29 is 0 Å². The van der Waals surface area contributed by atoms with Crippen molar-refractivity contribution in [3.05, 3.63) is 6.07 Å². The van der Waals surface area contributed by atoms with E-state index in [0.717, 1.165) is 17.6 Å². The van der Waals surface area contributed by atoms with Gasteiger partial charge in [-0.2, -0.15) is 9.97 Å². The summed E-state index contributed by atoms with van der Waals surface area (Å²) in [5.41, 5.74) is 5.69. The van der Waals surface area contributed by atoms with Crippen LogP contribution in [0, 0.1) is 5.92 Å². The Kier molecular flexibility index (Phi) is 4.23. The van der Waals surface area contributed by atoms with Crippen molar-refractivity contribution in [1.82, 2.24) is 9.97 Å². The fourth-order valence-electron chi connectivity index (χ4n) is 2.67. The molecule has 4 N–H and O–H groups in total. The lowest BCUT2D eigenvalue weighted by molar-refractivity contribution is 0.327. The van der Waals surface area contributed by atoms with Gasteiger partial charge in [0.05, 0.1) is 0 Å². The van der Waals surface area contributed by atoms with E-state index in [9.17, 15) is 0 Å². The SMILES string of the molecule is CCC1CCCC(Nc2cc(NC)nc(N)n2)C1. The summed E-state index contributed by atoms with van der Waals surface area (Å²) in [7, 11) is 1.83. The summed E-state index contributed by atoms with van der Waals surface area (Å²) in [6, 6.07) is 2.43. The highest BCUT2D eigenvalue weighted by Crippen LogP contribution is 2.28. The first kappa shape index (κ1) is 12.9. The van der Waals surface area contributed by atoms with Crippen molar-refractivity contribution in [3.8, 4) is 0 Å². The van der Waals surface area contributed by atoms with E-state index in [2.05, 4.69) is 27.5 Å². The standard InChI is InChI=1S/C13H23N5/c1-3-9-5-4-6-10(7-9)16-12-8-11(15-2)17-13(14)18-12/h8-10H,3-7H2,1-2H3,(H4,14,15,16,17,18). The smallest absolute Gasteiger partial charge is 0.223 e. The topological polar surface area (TPSA) is 75.9 Å². The number of nitrogen functional groups attached to an aromatic ring is 1. The molecule has 2 unspecified atom stereocenters. The molecule has 1 aliphatic carbocycles. The Morgan fingerprint density at radius 3 is 2.83 bits per heavy atom.